The first-order chi connectivity index (χ1) is 3.84. The average Bonchev–Trinajstić information content (AvgIpc) is 2.45. The highest BCUT2D eigenvalue weighted by molar-refractivity contribution is 9.09. The van der Waals surface area contributed by atoms with E-state index < -0.39 is 5.97 Å². The van der Waals surface area contributed by atoms with Crippen LogP contribution in [0.2, 0.25) is 0 Å². The van der Waals surface area contributed by atoms with Crippen molar-refractivity contribution in [3.63, 3.8) is 0 Å². The maximum absolute atomic E-state index is 10.4. The van der Waals surface area contributed by atoms with Gasteiger partial charge in [-0.25, -0.2) is 4.79 Å². The molecule has 0 aromatic heterocycles. The Morgan fingerprint density at radius 1 is 2.00 bits per heavy atom. The number of hydrogen-bond acceptors (Lipinski definition) is 3. The Bertz CT molecular complexity index is 140. The van der Waals surface area contributed by atoms with Crippen LogP contribution in [0.25, 0.3) is 0 Å². The van der Waals surface area contributed by atoms with Crippen molar-refractivity contribution < 1.29 is 14.3 Å². The van der Waals surface area contributed by atoms with E-state index in [1.165, 1.54) is 6.26 Å². The monoisotopic (exact) mass is 178 g/mol. The smallest absolute Gasteiger partial charge is 0.378 e. The van der Waals surface area contributed by atoms with Gasteiger partial charge in [0.2, 0.25) is 5.76 Å². The number of halogens is 1. The van der Waals surface area contributed by atoms with Crippen LogP contribution in [0.5, 0.6) is 0 Å². The number of ether oxygens (including phenoxy) is 2. The van der Waals surface area contributed by atoms with Crippen LogP contribution in [-0.4, -0.2) is 11.5 Å². The highest BCUT2D eigenvalue weighted by atomic mass is 79.9. The molecule has 3 nitrogen and oxygen atoms in total. The van der Waals surface area contributed by atoms with Gasteiger partial charge in [0, 0.05) is 0 Å². The topological polar surface area (TPSA) is 38.8 Å². The van der Waals surface area contributed by atoms with Gasteiger partial charge in [-0.3, -0.25) is 0 Å². The molecule has 1 heterocycles. The first kappa shape index (κ1) is 5.62. The summed E-state index contributed by atoms with van der Waals surface area (Å²) in [5, 5.41) is 0. The van der Waals surface area contributed by atoms with Crippen molar-refractivity contribution in [2.45, 2.75) is 0 Å². The van der Waals surface area contributed by atoms with E-state index in [0.717, 1.165) is 0 Å². The van der Waals surface area contributed by atoms with Gasteiger partial charge in [-0.05, 0) is 15.9 Å². The van der Waals surface area contributed by atoms with Crippen LogP contribution in [0.1, 0.15) is 0 Å². The summed E-state index contributed by atoms with van der Waals surface area (Å²) in [5.74, 6) is -0.119. The second kappa shape index (κ2) is 2.17. The van der Waals surface area contributed by atoms with Crippen molar-refractivity contribution in [1.29, 1.82) is 0 Å². The van der Waals surface area contributed by atoms with Crippen molar-refractivity contribution in [3.8, 4) is 0 Å². The quantitative estimate of drug-likeness (QED) is 0.463. The van der Waals surface area contributed by atoms with E-state index >= 15 is 0 Å². The highest BCUT2D eigenvalue weighted by Gasteiger charge is 2.21. The minimum atomic E-state index is -0.415. The third kappa shape index (κ3) is 1.23. The summed E-state index contributed by atoms with van der Waals surface area (Å²) in [7, 11) is 0. The molecule has 0 radical (unpaired) electrons. The number of carbonyl (C=O) groups is 1. The Morgan fingerprint density at radius 3 is 3.00 bits per heavy atom. The number of alkyl halides is 1. The fraction of sp³-hybridized carbons (Fsp3) is 0.250. The normalized spacial score (nSPS) is 13.9. The lowest BCUT2D eigenvalue weighted by Gasteiger charge is -1.89. The zero-order valence-electron chi connectivity index (χ0n) is 3.89. The maximum Gasteiger partial charge on any atom is 0.378 e. The van der Waals surface area contributed by atoms with Crippen LogP contribution >= 0.6 is 15.9 Å². The minimum Gasteiger partial charge on any atom is -0.450 e. The zero-order valence-corrected chi connectivity index (χ0v) is 5.47. The summed E-state index contributed by atoms with van der Waals surface area (Å²) in [6.07, 6.45) is 1.34. The molecule has 8 heavy (non-hydrogen) atoms. The molecule has 0 unspecified atom stereocenters. The van der Waals surface area contributed by atoms with E-state index in [1.54, 1.807) is 0 Å². The molecular formula is C4H3BrO3. The molecule has 0 atom stereocenters. The van der Waals surface area contributed by atoms with Crippen molar-refractivity contribution in [1.82, 2.24) is 0 Å². The van der Waals surface area contributed by atoms with E-state index in [0.29, 0.717) is 5.76 Å². The molecule has 0 aromatic rings. The van der Waals surface area contributed by atoms with Crippen LogP contribution in [0.4, 0.5) is 0 Å². The van der Waals surface area contributed by atoms with Crippen molar-refractivity contribution in [2.75, 3.05) is 5.52 Å². The predicted molar refractivity (Wildman–Crippen MR) is 29.1 cm³/mol. The highest BCUT2D eigenvalue weighted by Crippen LogP contribution is 2.14. The Labute approximate surface area is 54.4 Å². The molecule has 0 saturated heterocycles. The van der Waals surface area contributed by atoms with Gasteiger partial charge in [0.25, 0.3) is 0 Å². The second-order valence-electron chi connectivity index (χ2n) is 1.14. The minimum absolute atomic E-state index is 0.215. The standard InChI is InChI=1S/C4H3BrO3/c5-2-8-4(6)3-1-7-3/h1H,2H2. The Hall–Kier alpha value is -0.510. The molecule has 0 bridgehead atoms. The number of esters is 1. The van der Waals surface area contributed by atoms with E-state index in [1.807, 2.05) is 0 Å². The summed E-state index contributed by atoms with van der Waals surface area (Å²) in [5.41, 5.74) is 0.215. The molecule has 0 spiro atoms. The molecule has 1 aliphatic rings. The van der Waals surface area contributed by atoms with Gasteiger partial charge in [-0.15, -0.1) is 0 Å². The largest absolute Gasteiger partial charge is 0.450 e. The van der Waals surface area contributed by atoms with Gasteiger partial charge < -0.3 is 9.47 Å². The molecule has 4 heteroatoms. The molecule has 44 valence electrons. The Morgan fingerprint density at radius 2 is 2.62 bits per heavy atom. The van der Waals surface area contributed by atoms with Crippen LogP contribution in [0.15, 0.2) is 12.0 Å². The Balaban J connectivity index is 2.24. The van der Waals surface area contributed by atoms with Crippen molar-refractivity contribution in [2.24, 2.45) is 0 Å². The lowest BCUT2D eigenvalue weighted by Crippen LogP contribution is -1.99. The summed E-state index contributed by atoms with van der Waals surface area (Å²) in [6, 6.07) is 0. The van der Waals surface area contributed by atoms with Gasteiger partial charge >= 0.3 is 5.97 Å². The summed E-state index contributed by atoms with van der Waals surface area (Å²) >= 11 is 2.92. The first-order valence-corrected chi connectivity index (χ1v) is 3.06. The predicted octanol–water partition coefficient (Wildman–Crippen LogP) is 0.754. The fourth-order valence-corrected chi connectivity index (χ4v) is 0.454. The van der Waals surface area contributed by atoms with E-state index in [4.69, 9.17) is 0 Å². The third-order valence-corrected chi connectivity index (χ3v) is 0.851. The molecule has 0 aromatic carbocycles. The third-order valence-electron chi connectivity index (χ3n) is 0.623. The van der Waals surface area contributed by atoms with Crippen LogP contribution in [0.3, 0.4) is 0 Å². The van der Waals surface area contributed by atoms with Crippen LogP contribution in [-0.2, 0) is 14.3 Å². The van der Waals surface area contributed by atoms with Gasteiger partial charge in [0.15, 0.2) is 0 Å². The summed E-state index contributed by atoms with van der Waals surface area (Å²) in [4.78, 5) is 10.4. The van der Waals surface area contributed by atoms with E-state index in [9.17, 15) is 4.79 Å². The molecule has 0 aliphatic carbocycles. The number of hydrogen-bond donors (Lipinski definition) is 0. The van der Waals surface area contributed by atoms with Gasteiger partial charge in [-0.1, -0.05) is 0 Å². The molecule has 1 rings (SSSR count). The molecule has 0 amide bonds. The van der Waals surface area contributed by atoms with Gasteiger partial charge in [0.1, 0.15) is 11.8 Å². The molecule has 0 saturated carbocycles. The van der Waals surface area contributed by atoms with Gasteiger partial charge in [0.05, 0.1) is 0 Å². The Kier molecular flexibility index (Phi) is 1.53. The number of carbonyl (C=O) groups excluding carboxylic acids is 1. The van der Waals surface area contributed by atoms with Crippen LogP contribution in [0, 0.1) is 0 Å². The molecule has 1 aliphatic heterocycles. The lowest BCUT2D eigenvalue weighted by molar-refractivity contribution is -0.137. The second-order valence-corrected chi connectivity index (χ2v) is 1.60. The van der Waals surface area contributed by atoms with Crippen molar-refractivity contribution in [3.05, 3.63) is 12.0 Å². The molecule has 0 fully saturated rings. The summed E-state index contributed by atoms with van der Waals surface area (Å²) < 4.78 is 8.87. The molecular weight excluding hydrogens is 176 g/mol. The zero-order chi connectivity index (χ0) is 5.98. The average molecular weight is 179 g/mol. The SMILES string of the molecule is O=C(OCBr)C1=CO1. The number of rotatable bonds is 2. The van der Waals surface area contributed by atoms with Crippen molar-refractivity contribution >= 4 is 21.9 Å². The van der Waals surface area contributed by atoms with E-state index in [2.05, 4.69) is 25.4 Å². The maximum atomic E-state index is 10.4. The fourth-order valence-electron chi connectivity index (χ4n) is 0.246. The van der Waals surface area contributed by atoms with Gasteiger partial charge in [-0.2, -0.15) is 0 Å². The lowest BCUT2D eigenvalue weighted by atomic mass is 10.6. The van der Waals surface area contributed by atoms with E-state index in [-0.39, 0.29) is 5.52 Å². The summed E-state index contributed by atoms with van der Waals surface area (Å²) in [6.45, 7) is 0. The van der Waals surface area contributed by atoms with Crippen LogP contribution < -0.4 is 0 Å². The first-order valence-electron chi connectivity index (χ1n) is 1.94. The molecule has 0 N–H and O–H groups in total.